The van der Waals surface area contributed by atoms with Crippen molar-refractivity contribution < 1.29 is 9.59 Å². The van der Waals surface area contributed by atoms with Crippen LogP contribution >= 0.6 is 33.9 Å². The maximum Gasteiger partial charge on any atom is 0.281 e. The summed E-state index contributed by atoms with van der Waals surface area (Å²) in [5.74, 6) is -0.844. The molecule has 1 aliphatic rings. The van der Waals surface area contributed by atoms with E-state index >= 15 is 0 Å². The average Bonchev–Trinajstić information content (AvgIpc) is 3.34. The number of halogens is 1. The van der Waals surface area contributed by atoms with Crippen molar-refractivity contribution in [2.24, 2.45) is 0 Å². The number of hydrogen-bond donors (Lipinski definition) is 0. The quantitative estimate of drug-likeness (QED) is 0.234. The number of thiophene rings is 1. The summed E-state index contributed by atoms with van der Waals surface area (Å²) < 4.78 is 1.99. The third kappa shape index (κ3) is 2.69. The van der Waals surface area contributed by atoms with E-state index in [1.54, 1.807) is 36.4 Å². The van der Waals surface area contributed by atoms with Crippen molar-refractivity contribution in [3.05, 3.63) is 97.2 Å². The number of hydrogen-bond acceptors (Lipinski definition) is 5. The van der Waals surface area contributed by atoms with E-state index in [1.807, 2.05) is 35.7 Å². The molecule has 32 heavy (non-hydrogen) atoms. The van der Waals surface area contributed by atoms with Crippen LogP contribution in [0.5, 0.6) is 0 Å². The lowest BCUT2D eigenvalue weighted by Gasteiger charge is -2.29. The molecule has 0 saturated carbocycles. The molecular formula is C24H12IN3O3S. The van der Waals surface area contributed by atoms with Gasteiger partial charge in [-0.25, -0.2) is 4.98 Å². The van der Waals surface area contributed by atoms with Gasteiger partial charge in [0.2, 0.25) is 0 Å². The molecule has 0 radical (unpaired) electrons. The number of benzene rings is 3. The Bertz CT molecular complexity index is 1610. The van der Waals surface area contributed by atoms with E-state index in [0.29, 0.717) is 32.3 Å². The van der Waals surface area contributed by atoms with Gasteiger partial charge in [-0.1, -0.05) is 30.3 Å². The Balaban J connectivity index is 1.71. The van der Waals surface area contributed by atoms with Crippen molar-refractivity contribution in [1.29, 1.82) is 0 Å². The van der Waals surface area contributed by atoms with Crippen LogP contribution < -0.4 is 10.6 Å². The summed E-state index contributed by atoms with van der Waals surface area (Å²) in [7, 11) is 0. The standard InChI is InChI=1S/C24H12IN3O3S/c25-14-9-10-18-17(12-14)24(31)27(21(26-18)19-8-3-11-32-19)28-22(29)15-6-1-4-13-5-2-7-16(20(13)15)23(28)30/h1-12H. The molecule has 3 heterocycles. The molecule has 0 unspecified atom stereocenters. The Hall–Kier alpha value is -3.37. The maximum absolute atomic E-state index is 13.7. The normalized spacial score (nSPS) is 13.3. The van der Waals surface area contributed by atoms with E-state index in [2.05, 4.69) is 22.6 Å². The SMILES string of the molecule is O=C1c2cccc3cccc(c23)C(=O)N1n1c(-c2cccs2)nc2ccc(I)cc2c1=O. The van der Waals surface area contributed by atoms with E-state index in [4.69, 9.17) is 4.98 Å². The number of imide groups is 1. The molecule has 0 bridgehead atoms. The fourth-order valence-electron chi connectivity index (χ4n) is 4.10. The first-order chi connectivity index (χ1) is 15.5. The number of rotatable bonds is 2. The molecule has 0 atom stereocenters. The van der Waals surface area contributed by atoms with Gasteiger partial charge >= 0.3 is 0 Å². The van der Waals surface area contributed by atoms with E-state index < -0.39 is 17.4 Å². The van der Waals surface area contributed by atoms with Crippen LogP contribution in [0.4, 0.5) is 0 Å². The fourth-order valence-corrected chi connectivity index (χ4v) is 5.29. The average molecular weight is 549 g/mol. The lowest BCUT2D eigenvalue weighted by molar-refractivity contribution is 0.0850. The second kappa shape index (κ2) is 7.07. The van der Waals surface area contributed by atoms with Crippen molar-refractivity contribution >= 4 is 67.4 Å². The van der Waals surface area contributed by atoms with Gasteiger partial charge in [0.1, 0.15) is 0 Å². The maximum atomic E-state index is 13.7. The minimum atomic E-state index is -0.550. The van der Waals surface area contributed by atoms with Crippen molar-refractivity contribution in [2.45, 2.75) is 0 Å². The monoisotopic (exact) mass is 549 g/mol. The van der Waals surface area contributed by atoms with E-state index in [-0.39, 0.29) is 5.82 Å². The molecule has 2 aromatic heterocycles. The molecule has 154 valence electrons. The molecule has 5 aromatic rings. The predicted molar refractivity (Wildman–Crippen MR) is 133 cm³/mol. The largest absolute Gasteiger partial charge is 0.281 e. The number of aromatic nitrogens is 2. The van der Waals surface area contributed by atoms with Crippen LogP contribution in [0, 0.1) is 3.57 Å². The Morgan fingerprint density at radius 1 is 0.844 bits per heavy atom. The highest BCUT2D eigenvalue weighted by atomic mass is 127. The van der Waals surface area contributed by atoms with Gasteiger partial charge in [-0.15, -0.1) is 11.3 Å². The van der Waals surface area contributed by atoms with E-state index in [1.165, 1.54) is 11.3 Å². The van der Waals surface area contributed by atoms with Gasteiger partial charge < -0.3 is 0 Å². The molecule has 2 amide bonds. The summed E-state index contributed by atoms with van der Waals surface area (Å²) in [5, 5.41) is 4.55. The second-order valence-corrected chi connectivity index (χ2v) is 9.52. The lowest BCUT2D eigenvalue weighted by Crippen LogP contribution is -2.53. The lowest BCUT2D eigenvalue weighted by atomic mass is 9.95. The molecule has 0 aliphatic carbocycles. The minimum absolute atomic E-state index is 0.256. The van der Waals surface area contributed by atoms with Crippen LogP contribution in [0.1, 0.15) is 20.7 Å². The number of carbonyl (C=O) groups is 2. The predicted octanol–water partition coefficient (Wildman–Crippen LogP) is 4.82. The summed E-state index contributed by atoms with van der Waals surface area (Å²) in [6, 6.07) is 19.6. The van der Waals surface area contributed by atoms with Crippen LogP contribution in [-0.2, 0) is 0 Å². The van der Waals surface area contributed by atoms with Gasteiger partial charge in [0, 0.05) is 8.96 Å². The summed E-state index contributed by atoms with van der Waals surface area (Å²) in [5.41, 5.74) is 0.800. The topological polar surface area (TPSA) is 72.3 Å². The first-order valence-corrected chi connectivity index (χ1v) is 11.7. The van der Waals surface area contributed by atoms with Crippen LogP contribution in [0.3, 0.4) is 0 Å². The third-order valence-electron chi connectivity index (χ3n) is 5.50. The number of nitrogens with zero attached hydrogens (tertiary/aromatic N) is 3. The van der Waals surface area contributed by atoms with Crippen LogP contribution in [0.25, 0.3) is 32.4 Å². The van der Waals surface area contributed by atoms with Crippen LogP contribution in [0.2, 0.25) is 0 Å². The van der Waals surface area contributed by atoms with Gasteiger partial charge in [-0.2, -0.15) is 9.69 Å². The van der Waals surface area contributed by atoms with Crippen molar-refractivity contribution in [3.63, 3.8) is 0 Å². The summed E-state index contributed by atoms with van der Waals surface area (Å²) in [6.45, 7) is 0. The first kappa shape index (κ1) is 19.3. The van der Waals surface area contributed by atoms with Gasteiger partial charge in [-0.05, 0) is 69.8 Å². The Labute approximate surface area is 198 Å². The molecule has 8 heteroatoms. The van der Waals surface area contributed by atoms with Crippen LogP contribution in [0.15, 0.2) is 76.9 Å². The van der Waals surface area contributed by atoms with Crippen molar-refractivity contribution in [2.75, 3.05) is 5.01 Å². The summed E-state index contributed by atoms with van der Waals surface area (Å²) >= 11 is 3.50. The molecule has 0 saturated heterocycles. The van der Waals surface area contributed by atoms with E-state index in [9.17, 15) is 14.4 Å². The molecule has 0 N–H and O–H groups in total. The molecule has 0 fully saturated rings. The Kier molecular flexibility index (Phi) is 4.27. The smallest absolute Gasteiger partial charge is 0.267 e. The molecule has 0 spiro atoms. The zero-order valence-electron chi connectivity index (χ0n) is 16.3. The Morgan fingerprint density at radius 3 is 2.22 bits per heavy atom. The second-order valence-electron chi connectivity index (χ2n) is 7.32. The van der Waals surface area contributed by atoms with Crippen molar-refractivity contribution in [1.82, 2.24) is 9.66 Å². The molecule has 3 aromatic carbocycles. The van der Waals surface area contributed by atoms with Gasteiger partial charge in [0.05, 0.1) is 26.9 Å². The zero-order valence-corrected chi connectivity index (χ0v) is 19.3. The zero-order chi connectivity index (χ0) is 22.0. The van der Waals surface area contributed by atoms with Crippen LogP contribution in [-0.4, -0.2) is 21.5 Å². The summed E-state index contributed by atoms with van der Waals surface area (Å²) in [4.78, 5) is 46.3. The molecule has 6 rings (SSSR count). The van der Waals surface area contributed by atoms with Gasteiger partial charge in [-0.3, -0.25) is 14.4 Å². The minimum Gasteiger partial charge on any atom is -0.267 e. The highest BCUT2D eigenvalue weighted by molar-refractivity contribution is 14.1. The van der Waals surface area contributed by atoms with Gasteiger partial charge in [0.15, 0.2) is 5.82 Å². The van der Waals surface area contributed by atoms with Crippen molar-refractivity contribution in [3.8, 4) is 10.7 Å². The fraction of sp³-hybridized carbons (Fsp3) is 0. The Morgan fingerprint density at radius 2 is 1.56 bits per heavy atom. The number of fused-ring (bicyclic) bond motifs is 1. The third-order valence-corrected chi connectivity index (χ3v) is 7.04. The van der Waals surface area contributed by atoms with E-state index in [0.717, 1.165) is 18.6 Å². The number of amides is 2. The summed E-state index contributed by atoms with van der Waals surface area (Å²) in [6.07, 6.45) is 0. The highest BCUT2D eigenvalue weighted by Gasteiger charge is 2.36. The molecule has 6 nitrogen and oxygen atoms in total. The molecular weight excluding hydrogens is 537 g/mol. The molecule has 1 aliphatic heterocycles. The number of carbonyl (C=O) groups excluding carboxylic acids is 2. The van der Waals surface area contributed by atoms with Gasteiger partial charge in [0.25, 0.3) is 17.4 Å². The highest BCUT2D eigenvalue weighted by Crippen LogP contribution is 2.31. The first-order valence-electron chi connectivity index (χ1n) is 9.71.